The zero-order chi connectivity index (χ0) is 26.1. The highest BCUT2D eigenvalue weighted by Crippen LogP contribution is 2.34. The van der Waals surface area contributed by atoms with Crippen LogP contribution in [0.5, 0.6) is 11.5 Å². The molecule has 36 heavy (non-hydrogen) atoms. The summed E-state index contributed by atoms with van der Waals surface area (Å²) in [7, 11) is 1.44. The Bertz CT molecular complexity index is 1280. The molecule has 0 aliphatic carbocycles. The maximum Gasteiger partial charge on any atom is 0.329 e. The molecule has 0 spiro atoms. The van der Waals surface area contributed by atoms with E-state index in [1.54, 1.807) is 42.5 Å². The summed E-state index contributed by atoms with van der Waals surface area (Å²) in [5.41, 5.74) is 3.06. The fraction of sp³-hybridized carbons (Fsp3) is 0.130. The van der Waals surface area contributed by atoms with E-state index < -0.39 is 17.7 Å². The molecule has 0 saturated carbocycles. The molecule has 13 heteroatoms. The number of benzene rings is 2. The van der Waals surface area contributed by atoms with Crippen LogP contribution >= 0.6 is 45.8 Å². The maximum atomic E-state index is 12.3. The molecule has 0 aliphatic heterocycles. The summed E-state index contributed by atoms with van der Waals surface area (Å²) < 4.78 is 16.7. The highest BCUT2D eigenvalue weighted by molar-refractivity contribution is 14.1. The molecule has 0 aliphatic rings. The first-order valence-corrected chi connectivity index (χ1v) is 12.0. The van der Waals surface area contributed by atoms with Gasteiger partial charge in [0.15, 0.2) is 18.1 Å². The first-order valence-electron chi connectivity index (χ1n) is 10.2. The van der Waals surface area contributed by atoms with E-state index in [1.807, 2.05) is 22.6 Å². The van der Waals surface area contributed by atoms with Crippen molar-refractivity contribution in [2.75, 3.05) is 19.0 Å². The molecule has 0 radical (unpaired) electrons. The topological polar surface area (TPSA) is 131 Å². The average molecular weight is 645 g/mol. The van der Waals surface area contributed by atoms with Gasteiger partial charge in [-0.2, -0.15) is 5.10 Å². The van der Waals surface area contributed by atoms with E-state index in [4.69, 9.17) is 37.1 Å². The number of hydrogen-bond donors (Lipinski definition) is 3. The highest BCUT2D eigenvalue weighted by atomic mass is 127. The van der Waals surface area contributed by atoms with Crippen molar-refractivity contribution in [3.63, 3.8) is 0 Å². The number of furan rings is 1. The molecular weight excluding hydrogens is 626 g/mol. The third kappa shape index (κ3) is 7.60. The van der Waals surface area contributed by atoms with E-state index in [1.165, 1.54) is 19.6 Å². The number of amides is 3. The fourth-order valence-electron chi connectivity index (χ4n) is 2.76. The Balaban J connectivity index is 1.56. The zero-order valence-corrected chi connectivity index (χ0v) is 22.3. The summed E-state index contributed by atoms with van der Waals surface area (Å²) in [6, 6.07) is 11.5. The lowest BCUT2D eigenvalue weighted by molar-refractivity contribution is -0.139. The summed E-state index contributed by atoms with van der Waals surface area (Å²) >= 11 is 14.1. The van der Waals surface area contributed by atoms with Crippen molar-refractivity contribution in [1.82, 2.24) is 10.7 Å². The molecule has 0 saturated heterocycles. The van der Waals surface area contributed by atoms with E-state index in [0.29, 0.717) is 37.1 Å². The number of anilines is 1. The Kier molecular flexibility index (Phi) is 9.96. The van der Waals surface area contributed by atoms with E-state index in [-0.39, 0.29) is 18.2 Å². The number of nitrogens with one attached hydrogen (secondary N) is 3. The van der Waals surface area contributed by atoms with Crippen molar-refractivity contribution < 1.29 is 28.3 Å². The van der Waals surface area contributed by atoms with Crippen LogP contribution in [0.1, 0.15) is 11.3 Å². The van der Waals surface area contributed by atoms with Gasteiger partial charge in [-0.15, -0.1) is 0 Å². The van der Waals surface area contributed by atoms with Gasteiger partial charge in [0.25, 0.3) is 5.91 Å². The minimum absolute atomic E-state index is 0.0734. The number of hydrazone groups is 1. The van der Waals surface area contributed by atoms with Crippen LogP contribution in [0.3, 0.4) is 0 Å². The van der Waals surface area contributed by atoms with Crippen LogP contribution in [-0.2, 0) is 20.9 Å². The number of halogens is 3. The lowest BCUT2D eigenvalue weighted by Crippen LogP contribution is -2.37. The molecule has 2 aromatic carbocycles. The van der Waals surface area contributed by atoms with Gasteiger partial charge in [-0.05, 0) is 64.6 Å². The van der Waals surface area contributed by atoms with Gasteiger partial charge in [0.1, 0.15) is 5.76 Å². The average Bonchev–Trinajstić information content (AvgIpc) is 3.38. The summed E-state index contributed by atoms with van der Waals surface area (Å²) in [5.74, 6) is -1.07. The second kappa shape index (κ2) is 13.1. The summed E-state index contributed by atoms with van der Waals surface area (Å²) in [6.07, 6.45) is 2.80. The van der Waals surface area contributed by atoms with Gasteiger partial charge < -0.3 is 24.5 Å². The lowest BCUT2D eigenvalue weighted by atomic mass is 10.2. The fourth-order valence-corrected chi connectivity index (χ4v) is 3.88. The monoisotopic (exact) mass is 644 g/mol. The van der Waals surface area contributed by atoms with Gasteiger partial charge in [0, 0.05) is 0 Å². The number of ether oxygens (including phenoxy) is 2. The minimum Gasteiger partial charge on any atom is -0.493 e. The van der Waals surface area contributed by atoms with Gasteiger partial charge in [-0.1, -0.05) is 29.3 Å². The number of rotatable bonds is 9. The predicted octanol–water partition coefficient (Wildman–Crippen LogP) is 3.98. The van der Waals surface area contributed by atoms with Crippen molar-refractivity contribution in [3.05, 3.63) is 73.7 Å². The molecular formula is C23H19Cl2IN4O6. The molecule has 1 aromatic heterocycles. The molecule has 10 nitrogen and oxygen atoms in total. The second-order valence-electron chi connectivity index (χ2n) is 6.93. The first kappa shape index (κ1) is 27.3. The quantitative estimate of drug-likeness (QED) is 0.140. The smallest absolute Gasteiger partial charge is 0.329 e. The second-order valence-corrected chi connectivity index (χ2v) is 8.88. The van der Waals surface area contributed by atoms with Crippen LogP contribution in [0, 0.1) is 3.57 Å². The largest absolute Gasteiger partial charge is 0.493 e. The van der Waals surface area contributed by atoms with Crippen LogP contribution < -0.4 is 25.5 Å². The number of nitrogens with zero attached hydrogens (tertiary/aromatic N) is 1. The molecule has 0 unspecified atom stereocenters. The van der Waals surface area contributed by atoms with Crippen LogP contribution in [0.25, 0.3) is 0 Å². The van der Waals surface area contributed by atoms with Crippen molar-refractivity contribution >= 4 is 75.4 Å². The molecule has 0 fully saturated rings. The summed E-state index contributed by atoms with van der Waals surface area (Å²) in [4.78, 5) is 36.0. The van der Waals surface area contributed by atoms with Gasteiger partial charge in [0.05, 0.1) is 45.4 Å². The number of carbonyl (C=O) groups excluding carboxylic acids is 3. The van der Waals surface area contributed by atoms with E-state index >= 15 is 0 Å². The standard InChI is InChI=1S/C23H19Cl2IN4O6/c1-34-18-9-13(10-28-30-23(33)22(32)27-11-14-4-3-7-35-14)8-16(26)21(18)36-12-19(31)29-17-6-2-5-15(24)20(17)25/h2-10H,11-12H2,1H3,(H,27,32)(H,29,31)(H,30,33)/b28-10-. The first-order chi connectivity index (χ1) is 17.3. The van der Waals surface area contributed by atoms with E-state index in [9.17, 15) is 14.4 Å². The molecule has 0 atom stereocenters. The van der Waals surface area contributed by atoms with Crippen LogP contribution in [0.15, 0.2) is 58.2 Å². The number of hydrogen-bond acceptors (Lipinski definition) is 7. The molecule has 3 amide bonds. The molecule has 1 heterocycles. The van der Waals surface area contributed by atoms with Crippen molar-refractivity contribution in [3.8, 4) is 11.5 Å². The van der Waals surface area contributed by atoms with Crippen LogP contribution in [0.2, 0.25) is 10.0 Å². The summed E-state index contributed by atoms with van der Waals surface area (Å²) in [5, 5.41) is 9.38. The number of methoxy groups -OCH3 is 1. The Labute approximate surface area is 229 Å². The molecule has 3 N–H and O–H groups in total. The van der Waals surface area contributed by atoms with Crippen molar-refractivity contribution in [2.45, 2.75) is 6.54 Å². The Hall–Kier alpha value is -3.29. The third-order valence-electron chi connectivity index (χ3n) is 4.41. The van der Waals surface area contributed by atoms with E-state index in [0.717, 1.165) is 0 Å². The molecule has 3 rings (SSSR count). The highest BCUT2D eigenvalue weighted by Gasteiger charge is 2.15. The van der Waals surface area contributed by atoms with Crippen LogP contribution in [-0.4, -0.2) is 37.7 Å². The lowest BCUT2D eigenvalue weighted by Gasteiger charge is -2.14. The van der Waals surface area contributed by atoms with Gasteiger partial charge in [-0.3, -0.25) is 14.4 Å². The van der Waals surface area contributed by atoms with Gasteiger partial charge >= 0.3 is 11.8 Å². The molecule has 3 aromatic rings. The SMILES string of the molecule is COc1cc(/C=N\NC(=O)C(=O)NCc2ccco2)cc(I)c1OCC(=O)Nc1cccc(Cl)c1Cl. The zero-order valence-electron chi connectivity index (χ0n) is 18.6. The van der Waals surface area contributed by atoms with Gasteiger partial charge in [-0.25, -0.2) is 5.43 Å². The third-order valence-corrected chi connectivity index (χ3v) is 6.03. The van der Waals surface area contributed by atoms with E-state index in [2.05, 4.69) is 21.2 Å². The normalized spacial score (nSPS) is 10.7. The predicted molar refractivity (Wildman–Crippen MR) is 143 cm³/mol. The Morgan fingerprint density at radius 2 is 1.94 bits per heavy atom. The maximum absolute atomic E-state index is 12.3. The van der Waals surface area contributed by atoms with Crippen molar-refractivity contribution in [2.24, 2.45) is 5.10 Å². The minimum atomic E-state index is -0.940. The molecule has 0 bridgehead atoms. The number of carbonyl (C=O) groups is 3. The van der Waals surface area contributed by atoms with Gasteiger partial charge in [0.2, 0.25) is 0 Å². The van der Waals surface area contributed by atoms with Crippen molar-refractivity contribution in [1.29, 1.82) is 0 Å². The van der Waals surface area contributed by atoms with Crippen LogP contribution in [0.4, 0.5) is 5.69 Å². The Morgan fingerprint density at radius 1 is 1.14 bits per heavy atom. The summed E-state index contributed by atoms with van der Waals surface area (Å²) in [6.45, 7) is -0.240. The molecule has 188 valence electrons. The Morgan fingerprint density at radius 3 is 2.67 bits per heavy atom.